The first-order valence-electron chi connectivity index (χ1n) is 8.25. The van der Waals surface area contributed by atoms with Crippen molar-refractivity contribution >= 4 is 12.3 Å². The molecule has 0 spiro atoms. The molecule has 0 bridgehead atoms. The van der Waals surface area contributed by atoms with Crippen LogP contribution in [0.15, 0.2) is 0 Å². The first-order valence-corrected chi connectivity index (χ1v) is 8.25. The maximum atomic E-state index is 11.3. The molecule has 6 nitrogen and oxygen atoms in total. The predicted octanol–water partition coefficient (Wildman–Crippen LogP) is 5.15. The summed E-state index contributed by atoms with van der Waals surface area (Å²) < 4.78 is 9.88. The van der Waals surface area contributed by atoms with Crippen molar-refractivity contribution in [3.8, 4) is 0 Å². The van der Waals surface area contributed by atoms with Crippen LogP contribution >= 0.6 is 0 Å². The Bertz CT molecular complexity index is 275. The van der Waals surface area contributed by atoms with Crippen molar-refractivity contribution in [3.05, 3.63) is 0 Å². The number of carbonyl (C=O) groups excluding carboxylic acids is 2. The van der Waals surface area contributed by atoms with Crippen molar-refractivity contribution in [1.29, 1.82) is 0 Å². The van der Waals surface area contributed by atoms with E-state index in [1.807, 2.05) is 0 Å². The molecule has 2 atom stereocenters. The van der Waals surface area contributed by atoms with Crippen molar-refractivity contribution < 1.29 is 28.8 Å². The van der Waals surface area contributed by atoms with Gasteiger partial charge in [0.05, 0.1) is 0 Å². The monoisotopic (exact) mass is 318 g/mol. The molecular weight excluding hydrogens is 288 g/mol. The number of hydrogen-bond acceptors (Lipinski definition) is 6. The molecule has 0 aromatic carbocycles. The number of ether oxygens (including phenoxy) is 2. The van der Waals surface area contributed by atoms with E-state index in [1.54, 1.807) is 13.8 Å². The van der Waals surface area contributed by atoms with Gasteiger partial charge in [0.1, 0.15) is 12.2 Å². The summed E-state index contributed by atoms with van der Waals surface area (Å²) in [4.78, 5) is 31.2. The number of hydrogen-bond donors (Lipinski definition) is 0. The summed E-state index contributed by atoms with van der Waals surface area (Å²) in [5.74, 6) is 0. The molecule has 0 aromatic heterocycles. The Balaban J connectivity index is 3.73. The van der Waals surface area contributed by atoms with Crippen molar-refractivity contribution in [2.24, 2.45) is 0 Å². The van der Waals surface area contributed by atoms with Crippen LogP contribution in [0.4, 0.5) is 9.59 Å². The van der Waals surface area contributed by atoms with Crippen LogP contribution in [0, 0.1) is 0 Å². The zero-order valence-electron chi connectivity index (χ0n) is 14.3. The minimum Gasteiger partial charge on any atom is -0.429 e. The summed E-state index contributed by atoms with van der Waals surface area (Å²) in [6, 6.07) is 0. The topological polar surface area (TPSA) is 71.1 Å². The molecule has 0 saturated heterocycles. The van der Waals surface area contributed by atoms with Gasteiger partial charge in [-0.25, -0.2) is 0 Å². The first kappa shape index (κ1) is 20.5. The van der Waals surface area contributed by atoms with E-state index in [1.165, 1.54) is 0 Å². The SMILES string of the molecule is CCCCCC(C)OC(=O)OOC(=O)OC(C)CCCCC. The van der Waals surface area contributed by atoms with Gasteiger partial charge >= 0.3 is 12.3 Å². The lowest BCUT2D eigenvalue weighted by Crippen LogP contribution is -2.21. The van der Waals surface area contributed by atoms with E-state index in [4.69, 9.17) is 9.47 Å². The normalized spacial score (nSPS) is 13.1. The Morgan fingerprint density at radius 3 is 1.41 bits per heavy atom. The van der Waals surface area contributed by atoms with Crippen molar-refractivity contribution in [2.75, 3.05) is 0 Å². The van der Waals surface area contributed by atoms with Gasteiger partial charge in [-0.3, -0.25) is 0 Å². The van der Waals surface area contributed by atoms with Gasteiger partial charge in [0, 0.05) is 0 Å². The lowest BCUT2D eigenvalue weighted by molar-refractivity contribution is -0.224. The average Bonchev–Trinajstić information content (AvgIpc) is 2.45. The molecule has 0 fully saturated rings. The fourth-order valence-corrected chi connectivity index (χ4v) is 1.92. The van der Waals surface area contributed by atoms with E-state index in [0.717, 1.165) is 51.4 Å². The third-order valence-electron chi connectivity index (χ3n) is 3.20. The van der Waals surface area contributed by atoms with Crippen LogP contribution in [0.25, 0.3) is 0 Å². The number of unbranched alkanes of at least 4 members (excludes halogenated alkanes) is 4. The van der Waals surface area contributed by atoms with E-state index in [-0.39, 0.29) is 12.2 Å². The van der Waals surface area contributed by atoms with E-state index in [9.17, 15) is 9.59 Å². The second-order valence-corrected chi connectivity index (χ2v) is 5.52. The highest BCUT2D eigenvalue weighted by Crippen LogP contribution is 2.09. The third kappa shape index (κ3) is 12.3. The quantitative estimate of drug-likeness (QED) is 0.240. The molecule has 2 unspecified atom stereocenters. The Morgan fingerprint density at radius 1 is 0.727 bits per heavy atom. The van der Waals surface area contributed by atoms with Gasteiger partial charge in [0.15, 0.2) is 0 Å². The summed E-state index contributed by atoms with van der Waals surface area (Å²) in [7, 11) is 0. The lowest BCUT2D eigenvalue weighted by atomic mass is 10.1. The van der Waals surface area contributed by atoms with Gasteiger partial charge in [-0.15, -0.1) is 0 Å². The maximum absolute atomic E-state index is 11.3. The predicted molar refractivity (Wildman–Crippen MR) is 82.3 cm³/mol. The zero-order chi connectivity index (χ0) is 16.8. The summed E-state index contributed by atoms with van der Waals surface area (Å²) >= 11 is 0. The second kappa shape index (κ2) is 13.2. The van der Waals surface area contributed by atoms with Crippen molar-refractivity contribution in [3.63, 3.8) is 0 Å². The van der Waals surface area contributed by atoms with E-state index >= 15 is 0 Å². The van der Waals surface area contributed by atoms with Crippen LogP contribution in [0.1, 0.15) is 79.1 Å². The molecule has 0 aliphatic carbocycles. The number of rotatable bonds is 10. The first-order chi connectivity index (χ1) is 10.5. The van der Waals surface area contributed by atoms with E-state index in [0.29, 0.717) is 0 Å². The van der Waals surface area contributed by atoms with E-state index < -0.39 is 12.3 Å². The van der Waals surface area contributed by atoms with Gasteiger partial charge < -0.3 is 9.47 Å². The second-order valence-electron chi connectivity index (χ2n) is 5.52. The van der Waals surface area contributed by atoms with Gasteiger partial charge in [-0.05, 0) is 39.5 Å². The Morgan fingerprint density at radius 2 is 1.09 bits per heavy atom. The Kier molecular flexibility index (Phi) is 12.3. The molecule has 0 amide bonds. The highest BCUT2D eigenvalue weighted by molar-refractivity contribution is 5.63. The standard InChI is InChI=1S/C16H30O6/c1-5-7-9-11-13(3)19-15(17)21-22-16(18)20-14(4)12-10-8-6-2/h13-14H,5-12H2,1-4H3. The van der Waals surface area contributed by atoms with Gasteiger partial charge in [0.2, 0.25) is 0 Å². The van der Waals surface area contributed by atoms with Crippen LogP contribution < -0.4 is 0 Å². The van der Waals surface area contributed by atoms with Crippen LogP contribution in [-0.4, -0.2) is 24.5 Å². The smallest absolute Gasteiger partial charge is 0.429 e. The molecule has 0 saturated carbocycles. The molecule has 0 aliphatic rings. The minimum absolute atomic E-state index is 0.272. The molecular formula is C16H30O6. The van der Waals surface area contributed by atoms with Gasteiger partial charge in [-0.1, -0.05) is 39.5 Å². The fraction of sp³-hybridized carbons (Fsp3) is 0.875. The zero-order valence-corrected chi connectivity index (χ0v) is 14.3. The highest BCUT2D eigenvalue weighted by Gasteiger charge is 2.17. The molecule has 0 N–H and O–H groups in total. The summed E-state index contributed by atoms with van der Waals surface area (Å²) in [6.45, 7) is 7.74. The summed E-state index contributed by atoms with van der Waals surface area (Å²) in [5, 5.41) is 0. The van der Waals surface area contributed by atoms with Crippen molar-refractivity contribution in [1.82, 2.24) is 0 Å². The molecule has 22 heavy (non-hydrogen) atoms. The Labute approximate surface area is 133 Å². The molecule has 0 heterocycles. The van der Waals surface area contributed by atoms with Gasteiger partial charge in [-0.2, -0.15) is 19.4 Å². The Hall–Kier alpha value is -1.46. The largest absolute Gasteiger partial charge is 0.550 e. The fourth-order valence-electron chi connectivity index (χ4n) is 1.92. The summed E-state index contributed by atoms with van der Waals surface area (Å²) in [5.41, 5.74) is 0. The average molecular weight is 318 g/mol. The van der Waals surface area contributed by atoms with Crippen LogP contribution in [-0.2, 0) is 19.2 Å². The molecule has 6 heteroatoms. The van der Waals surface area contributed by atoms with Crippen molar-refractivity contribution in [2.45, 2.75) is 91.3 Å². The molecule has 130 valence electrons. The number of carbonyl (C=O) groups is 2. The van der Waals surface area contributed by atoms with Gasteiger partial charge in [0.25, 0.3) is 0 Å². The molecule has 0 aromatic rings. The highest BCUT2D eigenvalue weighted by atomic mass is 17.3. The molecule has 0 aliphatic heterocycles. The minimum atomic E-state index is -1.03. The lowest BCUT2D eigenvalue weighted by Gasteiger charge is -2.13. The van der Waals surface area contributed by atoms with E-state index in [2.05, 4.69) is 23.6 Å². The summed E-state index contributed by atoms with van der Waals surface area (Å²) in [6.07, 6.45) is 5.22. The van der Waals surface area contributed by atoms with Crippen LogP contribution in [0.5, 0.6) is 0 Å². The maximum Gasteiger partial charge on any atom is 0.550 e. The van der Waals surface area contributed by atoms with Crippen LogP contribution in [0.3, 0.4) is 0 Å². The third-order valence-corrected chi connectivity index (χ3v) is 3.20. The molecule has 0 rings (SSSR count). The molecule has 0 radical (unpaired) electrons. The van der Waals surface area contributed by atoms with Crippen LogP contribution in [0.2, 0.25) is 0 Å².